The first-order chi connectivity index (χ1) is 13.5. The molecule has 0 fully saturated rings. The standard InChI is InChI=1S/C22H19F3O3S/c1-21(2,16-6-4-3-5-7-16)17-8-10-18(11-9-17)28-19-12-14-20(15-13-19)29(26,27)22(23,24)25/h3-15H,1-2H3. The molecule has 0 saturated carbocycles. The van der Waals surface area contributed by atoms with Gasteiger partial charge in [0.15, 0.2) is 0 Å². The fourth-order valence-electron chi connectivity index (χ4n) is 2.92. The van der Waals surface area contributed by atoms with Gasteiger partial charge in [0.05, 0.1) is 4.90 Å². The third-order valence-corrected chi connectivity index (χ3v) is 6.25. The predicted octanol–water partition coefficient (Wildman–Crippen LogP) is 6.10. The topological polar surface area (TPSA) is 43.4 Å². The maximum atomic E-state index is 12.6. The summed E-state index contributed by atoms with van der Waals surface area (Å²) in [5.74, 6) is 0.727. The average molecular weight is 420 g/mol. The first-order valence-electron chi connectivity index (χ1n) is 8.77. The highest BCUT2D eigenvalue weighted by atomic mass is 32.2. The van der Waals surface area contributed by atoms with Crippen molar-refractivity contribution in [3.63, 3.8) is 0 Å². The van der Waals surface area contributed by atoms with E-state index in [4.69, 9.17) is 4.74 Å². The first kappa shape index (κ1) is 20.9. The number of alkyl halides is 3. The maximum absolute atomic E-state index is 12.6. The van der Waals surface area contributed by atoms with Crippen molar-refractivity contribution in [2.45, 2.75) is 29.7 Å². The minimum absolute atomic E-state index is 0.215. The molecule has 29 heavy (non-hydrogen) atoms. The van der Waals surface area contributed by atoms with Gasteiger partial charge in [-0.25, -0.2) is 8.42 Å². The largest absolute Gasteiger partial charge is 0.501 e. The second-order valence-electron chi connectivity index (χ2n) is 7.04. The van der Waals surface area contributed by atoms with E-state index in [2.05, 4.69) is 26.0 Å². The van der Waals surface area contributed by atoms with Crippen molar-refractivity contribution >= 4 is 9.84 Å². The molecule has 3 rings (SSSR count). The Morgan fingerprint density at radius 3 is 1.62 bits per heavy atom. The van der Waals surface area contributed by atoms with Crippen molar-refractivity contribution in [3.05, 3.63) is 90.0 Å². The minimum Gasteiger partial charge on any atom is -0.457 e. The molecule has 0 aromatic heterocycles. The summed E-state index contributed by atoms with van der Waals surface area (Å²) in [6.45, 7) is 4.22. The molecule has 0 bridgehead atoms. The van der Waals surface area contributed by atoms with E-state index in [1.165, 1.54) is 12.1 Å². The molecule has 0 N–H and O–H groups in total. The van der Waals surface area contributed by atoms with Gasteiger partial charge in [0.2, 0.25) is 0 Å². The van der Waals surface area contributed by atoms with Gasteiger partial charge in [-0.2, -0.15) is 13.2 Å². The minimum atomic E-state index is -5.37. The SMILES string of the molecule is CC(C)(c1ccccc1)c1ccc(Oc2ccc(S(=O)(=O)C(F)(F)F)cc2)cc1. The normalized spacial score (nSPS) is 12.6. The van der Waals surface area contributed by atoms with Crippen molar-refractivity contribution in [2.24, 2.45) is 0 Å². The van der Waals surface area contributed by atoms with Gasteiger partial charge in [0, 0.05) is 5.41 Å². The van der Waals surface area contributed by atoms with Gasteiger partial charge in [-0.3, -0.25) is 0 Å². The molecule has 3 aromatic carbocycles. The monoisotopic (exact) mass is 420 g/mol. The molecule has 0 aliphatic heterocycles. The first-order valence-corrected chi connectivity index (χ1v) is 10.3. The lowest BCUT2D eigenvalue weighted by Gasteiger charge is -2.26. The van der Waals surface area contributed by atoms with Gasteiger partial charge in [-0.1, -0.05) is 56.3 Å². The Bertz CT molecular complexity index is 1070. The summed E-state index contributed by atoms with van der Waals surface area (Å²) < 4.78 is 66.3. The zero-order chi connectivity index (χ0) is 21.3. The summed E-state index contributed by atoms with van der Waals surface area (Å²) >= 11 is 0. The van der Waals surface area contributed by atoms with Gasteiger partial charge < -0.3 is 4.74 Å². The van der Waals surface area contributed by atoms with E-state index in [9.17, 15) is 21.6 Å². The van der Waals surface area contributed by atoms with Crippen molar-refractivity contribution in [2.75, 3.05) is 0 Å². The Labute approximate surface area is 167 Å². The van der Waals surface area contributed by atoms with Crippen LogP contribution in [0.5, 0.6) is 11.5 Å². The Balaban J connectivity index is 1.77. The highest BCUT2D eigenvalue weighted by Crippen LogP contribution is 2.34. The summed E-state index contributed by atoms with van der Waals surface area (Å²) in [6.07, 6.45) is 0. The lowest BCUT2D eigenvalue weighted by molar-refractivity contribution is -0.0436. The predicted molar refractivity (Wildman–Crippen MR) is 105 cm³/mol. The van der Waals surface area contributed by atoms with Crippen LogP contribution in [-0.2, 0) is 15.3 Å². The van der Waals surface area contributed by atoms with E-state index in [0.717, 1.165) is 23.3 Å². The van der Waals surface area contributed by atoms with Gasteiger partial charge in [-0.15, -0.1) is 0 Å². The van der Waals surface area contributed by atoms with Crippen molar-refractivity contribution in [3.8, 4) is 11.5 Å². The highest BCUT2D eigenvalue weighted by Gasteiger charge is 2.46. The van der Waals surface area contributed by atoms with Crippen LogP contribution in [0.4, 0.5) is 13.2 Å². The number of sulfone groups is 1. The number of halogens is 3. The molecular weight excluding hydrogens is 401 g/mol. The third kappa shape index (κ3) is 4.29. The van der Waals surface area contributed by atoms with Crippen molar-refractivity contribution in [1.82, 2.24) is 0 Å². The van der Waals surface area contributed by atoms with Gasteiger partial charge >= 0.3 is 5.51 Å². The van der Waals surface area contributed by atoms with Gasteiger partial charge in [0.1, 0.15) is 11.5 Å². The second kappa shape index (κ2) is 7.55. The molecule has 0 aliphatic rings. The summed E-state index contributed by atoms with van der Waals surface area (Å²) in [6, 6.07) is 21.6. The van der Waals surface area contributed by atoms with E-state index >= 15 is 0 Å². The smallest absolute Gasteiger partial charge is 0.457 e. The molecule has 3 aromatic rings. The molecule has 0 heterocycles. The summed E-state index contributed by atoms with van der Waals surface area (Å²) in [5.41, 5.74) is -3.32. The van der Waals surface area contributed by atoms with Crippen LogP contribution in [0, 0.1) is 0 Å². The number of hydrogen-bond donors (Lipinski definition) is 0. The fourth-order valence-corrected chi connectivity index (χ4v) is 3.68. The number of rotatable bonds is 5. The quantitative estimate of drug-likeness (QED) is 0.501. The fraction of sp³-hybridized carbons (Fsp3) is 0.182. The number of ether oxygens (including phenoxy) is 1. The van der Waals surface area contributed by atoms with Gasteiger partial charge in [0.25, 0.3) is 9.84 Å². The molecule has 3 nitrogen and oxygen atoms in total. The van der Waals surface area contributed by atoms with Crippen LogP contribution in [0.25, 0.3) is 0 Å². The molecule has 0 aliphatic carbocycles. The van der Waals surface area contributed by atoms with E-state index in [1.54, 1.807) is 12.1 Å². The lowest BCUT2D eigenvalue weighted by Crippen LogP contribution is -2.23. The molecule has 0 saturated heterocycles. The van der Waals surface area contributed by atoms with Crippen LogP contribution < -0.4 is 4.74 Å². The Kier molecular flexibility index (Phi) is 5.45. The second-order valence-corrected chi connectivity index (χ2v) is 8.98. The summed E-state index contributed by atoms with van der Waals surface area (Å²) in [5, 5.41) is 0. The molecule has 0 radical (unpaired) electrons. The Morgan fingerprint density at radius 1 is 0.690 bits per heavy atom. The highest BCUT2D eigenvalue weighted by molar-refractivity contribution is 7.92. The van der Waals surface area contributed by atoms with Gasteiger partial charge in [-0.05, 0) is 47.5 Å². The molecule has 0 atom stereocenters. The third-order valence-electron chi connectivity index (χ3n) is 4.75. The molecule has 0 unspecified atom stereocenters. The van der Waals surface area contributed by atoms with Crippen LogP contribution in [0.1, 0.15) is 25.0 Å². The number of hydrogen-bond acceptors (Lipinski definition) is 3. The molecular formula is C22H19F3O3S. The molecule has 0 spiro atoms. The van der Waals surface area contributed by atoms with Crippen molar-refractivity contribution < 1.29 is 26.3 Å². The average Bonchev–Trinajstić information content (AvgIpc) is 2.69. The van der Waals surface area contributed by atoms with Crippen LogP contribution in [0.15, 0.2) is 83.8 Å². The van der Waals surface area contributed by atoms with E-state index < -0.39 is 20.2 Å². The van der Waals surface area contributed by atoms with E-state index in [1.807, 2.05) is 30.3 Å². The zero-order valence-corrected chi connectivity index (χ0v) is 16.6. The van der Waals surface area contributed by atoms with Crippen LogP contribution in [0.2, 0.25) is 0 Å². The Hall–Kier alpha value is -2.80. The van der Waals surface area contributed by atoms with Crippen LogP contribution >= 0.6 is 0 Å². The zero-order valence-electron chi connectivity index (χ0n) is 15.8. The Morgan fingerprint density at radius 2 is 1.14 bits per heavy atom. The number of benzene rings is 3. The van der Waals surface area contributed by atoms with E-state index in [-0.39, 0.29) is 11.2 Å². The lowest BCUT2D eigenvalue weighted by atomic mass is 9.78. The summed E-state index contributed by atoms with van der Waals surface area (Å²) in [4.78, 5) is -0.822. The maximum Gasteiger partial charge on any atom is 0.501 e. The summed E-state index contributed by atoms with van der Waals surface area (Å²) in [7, 11) is -5.37. The van der Waals surface area contributed by atoms with Crippen LogP contribution in [0.3, 0.4) is 0 Å². The molecule has 152 valence electrons. The molecule has 0 amide bonds. The van der Waals surface area contributed by atoms with Crippen molar-refractivity contribution in [1.29, 1.82) is 0 Å². The molecule has 7 heteroatoms. The van der Waals surface area contributed by atoms with E-state index in [0.29, 0.717) is 5.75 Å². The van der Waals surface area contributed by atoms with Crippen LogP contribution in [-0.4, -0.2) is 13.9 Å².